The van der Waals surface area contributed by atoms with Crippen LogP contribution in [-0.2, 0) is 42.7 Å². The van der Waals surface area contributed by atoms with Gasteiger partial charge >= 0.3 is 0 Å². The summed E-state index contributed by atoms with van der Waals surface area (Å²) in [5, 5.41) is 0. The van der Waals surface area contributed by atoms with Gasteiger partial charge in [0.2, 0.25) is 0 Å². The highest BCUT2D eigenvalue weighted by molar-refractivity contribution is 6.15. The van der Waals surface area contributed by atoms with E-state index < -0.39 is 0 Å². The maximum absolute atomic E-state index is 13.2. The predicted octanol–water partition coefficient (Wildman–Crippen LogP) is 4.78. The van der Waals surface area contributed by atoms with Crippen LogP contribution in [0.4, 0.5) is 11.4 Å². The fourth-order valence-corrected chi connectivity index (χ4v) is 5.06. The lowest BCUT2D eigenvalue weighted by atomic mass is 10.1. The Morgan fingerprint density at radius 2 is 0.780 bits per heavy atom. The molecule has 1 saturated carbocycles. The number of rotatable bonds is 28. The van der Waals surface area contributed by atoms with Gasteiger partial charge in [0.1, 0.15) is 0 Å². The maximum atomic E-state index is 13.2. The summed E-state index contributed by atoms with van der Waals surface area (Å²) in [6.45, 7) is 9.50. The monoisotopic (exact) mass is 698 g/mol. The number of hydrogen-bond acceptors (Lipinski definition) is 11. The first-order valence-electron chi connectivity index (χ1n) is 17.5. The summed E-state index contributed by atoms with van der Waals surface area (Å²) in [4.78, 5) is 17.5. The van der Waals surface area contributed by atoms with E-state index in [4.69, 9.17) is 37.9 Å². The van der Waals surface area contributed by atoms with Crippen LogP contribution in [0.25, 0.3) is 12.2 Å². The van der Waals surface area contributed by atoms with Gasteiger partial charge < -0.3 is 47.7 Å². The topological polar surface area (TPSA) is 97.4 Å². The molecule has 50 heavy (non-hydrogen) atoms. The molecule has 0 aliphatic heterocycles. The molecule has 1 aliphatic carbocycles. The molecule has 11 nitrogen and oxygen atoms in total. The number of carbonyl (C=O) groups is 1. The number of nitrogens with zero attached hydrogens (tertiary/aromatic N) is 2. The highest BCUT2D eigenvalue weighted by atomic mass is 16.6. The Morgan fingerprint density at radius 1 is 0.480 bits per heavy atom. The van der Waals surface area contributed by atoms with E-state index in [-0.39, 0.29) is 5.78 Å². The molecular formula is C39H58N2O9. The zero-order valence-electron chi connectivity index (χ0n) is 30.6. The van der Waals surface area contributed by atoms with Crippen LogP contribution >= 0.6 is 0 Å². The molecule has 3 rings (SSSR count). The maximum Gasteiger partial charge on any atom is 0.185 e. The molecule has 0 heterocycles. The van der Waals surface area contributed by atoms with Crippen LogP contribution in [0.3, 0.4) is 0 Å². The van der Waals surface area contributed by atoms with E-state index in [1.54, 1.807) is 14.2 Å². The van der Waals surface area contributed by atoms with Crippen molar-refractivity contribution in [2.45, 2.75) is 12.8 Å². The summed E-state index contributed by atoms with van der Waals surface area (Å²) >= 11 is 0. The largest absolute Gasteiger partial charge is 0.382 e. The lowest BCUT2D eigenvalue weighted by Gasteiger charge is -2.19. The van der Waals surface area contributed by atoms with Gasteiger partial charge in [-0.25, -0.2) is 0 Å². The van der Waals surface area contributed by atoms with Crippen molar-refractivity contribution in [3.8, 4) is 0 Å². The van der Waals surface area contributed by atoms with Crippen LogP contribution in [0.15, 0.2) is 59.7 Å². The minimum Gasteiger partial charge on any atom is -0.382 e. The lowest BCUT2D eigenvalue weighted by molar-refractivity contribution is -0.111. The van der Waals surface area contributed by atoms with E-state index in [0.29, 0.717) is 92.5 Å². The number of hydrogen-bond donors (Lipinski definition) is 0. The number of ketones is 1. The normalized spacial score (nSPS) is 14.7. The summed E-state index contributed by atoms with van der Waals surface area (Å²) in [5.41, 5.74) is 5.96. The molecule has 2 aromatic rings. The molecule has 0 unspecified atom stereocenters. The first-order chi connectivity index (χ1) is 24.5. The summed E-state index contributed by atoms with van der Waals surface area (Å²) < 4.78 is 43.0. The molecular weight excluding hydrogens is 640 g/mol. The lowest BCUT2D eigenvalue weighted by Crippen LogP contribution is -2.23. The van der Waals surface area contributed by atoms with E-state index in [2.05, 4.69) is 58.3 Å². The van der Waals surface area contributed by atoms with E-state index in [9.17, 15) is 4.79 Å². The molecule has 0 saturated heterocycles. The van der Waals surface area contributed by atoms with Crippen molar-refractivity contribution < 1.29 is 42.7 Å². The minimum atomic E-state index is 0.131. The molecule has 0 N–H and O–H groups in total. The van der Waals surface area contributed by atoms with Crippen molar-refractivity contribution in [2.24, 2.45) is 0 Å². The van der Waals surface area contributed by atoms with Crippen molar-refractivity contribution >= 4 is 29.3 Å². The Balaban J connectivity index is 1.32. The number of ether oxygens (including phenoxy) is 8. The van der Waals surface area contributed by atoms with E-state index in [1.165, 1.54) is 0 Å². The van der Waals surface area contributed by atoms with E-state index in [1.807, 2.05) is 26.2 Å². The molecule has 0 amide bonds. The summed E-state index contributed by atoms with van der Waals surface area (Å²) in [6, 6.07) is 16.6. The highest BCUT2D eigenvalue weighted by Gasteiger charge is 2.23. The Hall–Kier alpha value is -3.13. The second-order valence-corrected chi connectivity index (χ2v) is 11.9. The van der Waals surface area contributed by atoms with Crippen LogP contribution in [0.1, 0.15) is 24.0 Å². The van der Waals surface area contributed by atoms with E-state index >= 15 is 0 Å². The van der Waals surface area contributed by atoms with Gasteiger partial charge in [-0.3, -0.25) is 4.79 Å². The highest BCUT2D eigenvalue weighted by Crippen LogP contribution is 2.30. The van der Waals surface area contributed by atoms with Crippen molar-refractivity contribution in [3.05, 3.63) is 70.8 Å². The second kappa shape index (κ2) is 25.8. The Kier molecular flexibility index (Phi) is 21.3. The number of benzene rings is 2. The smallest absolute Gasteiger partial charge is 0.185 e. The fraction of sp³-hybridized carbons (Fsp3) is 0.564. The molecule has 0 bridgehead atoms. The van der Waals surface area contributed by atoms with Gasteiger partial charge in [0.25, 0.3) is 0 Å². The first kappa shape index (κ1) is 41.3. The Morgan fingerprint density at radius 3 is 1.10 bits per heavy atom. The Bertz CT molecular complexity index is 1160. The number of anilines is 2. The van der Waals surface area contributed by atoms with Crippen molar-refractivity contribution in [2.75, 3.05) is 144 Å². The van der Waals surface area contributed by atoms with Gasteiger partial charge in [0, 0.05) is 63.9 Å². The molecule has 1 aliphatic rings. The summed E-state index contributed by atoms with van der Waals surface area (Å²) in [7, 11) is 7.40. The van der Waals surface area contributed by atoms with Gasteiger partial charge in [0.05, 0.1) is 92.5 Å². The number of Topliss-reactive ketones (excluding diaryl/α,β-unsaturated/α-hetero) is 1. The first-order valence-corrected chi connectivity index (χ1v) is 17.5. The van der Waals surface area contributed by atoms with E-state index in [0.717, 1.165) is 59.6 Å². The number of methoxy groups -OCH3 is 2. The predicted molar refractivity (Wildman–Crippen MR) is 198 cm³/mol. The molecule has 2 aromatic carbocycles. The minimum absolute atomic E-state index is 0.131. The fourth-order valence-electron chi connectivity index (χ4n) is 5.06. The van der Waals surface area contributed by atoms with Crippen LogP contribution < -0.4 is 9.80 Å². The van der Waals surface area contributed by atoms with Gasteiger partial charge in [-0.1, -0.05) is 24.3 Å². The van der Waals surface area contributed by atoms with Gasteiger partial charge in [-0.15, -0.1) is 0 Å². The van der Waals surface area contributed by atoms with Gasteiger partial charge in [0.15, 0.2) is 5.78 Å². The zero-order chi connectivity index (χ0) is 35.7. The average molecular weight is 699 g/mol. The number of allylic oxidation sites excluding steroid dienone is 2. The molecule has 11 heteroatoms. The Labute approximate surface area is 299 Å². The van der Waals surface area contributed by atoms with Gasteiger partial charge in [-0.05, 0) is 60.4 Å². The van der Waals surface area contributed by atoms with Crippen LogP contribution in [-0.4, -0.2) is 140 Å². The quantitative estimate of drug-likeness (QED) is 0.0908. The van der Waals surface area contributed by atoms with Gasteiger partial charge in [-0.2, -0.15) is 0 Å². The molecule has 0 atom stereocenters. The second-order valence-electron chi connectivity index (χ2n) is 11.9. The standard InChI is InChI=1S/C39H58N2O9/c1-40(15-17-45-23-25-49-29-27-47-21-19-43-3)37-11-5-33(6-12-37)31-35-9-10-36(39(35)42)32-34-7-13-38(14-8-34)41(2)16-18-46-24-26-50-30-28-48-22-20-44-4/h5-8,11-14,31-32H,9-10,15-30H2,1-4H3/b35-31+,36-32+. The molecule has 0 radical (unpaired) electrons. The molecule has 0 spiro atoms. The third-order valence-corrected chi connectivity index (χ3v) is 8.09. The van der Waals surface area contributed by atoms with Crippen LogP contribution in [0, 0.1) is 0 Å². The number of likely N-dealkylation sites (N-methyl/N-ethyl adjacent to an activating group) is 2. The third-order valence-electron chi connectivity index (χ3n) is 8.09. The third kappa shape index (κ3) is 16.7. The SMILES string of the molecule is COCCOCCOCCOCCN(C)c1ccc(/C=C2\CC/C(=C\c3ccc(N(C)CCOCCOCCOCCOC)cc3)C2=O)cc1. The van der Waals surface area contributed by atoms with Crippen molar-refractivity contribution in [1.82, 2.24) is 0 Å². The number of carbonyl (C=O) groups excluding carboxylic acids is 1. The van der Waals surface area contributed by atoms with Crippen molar-refractivity contribution in [1.29, 1.82) is 0 Å². The summed E-state index contributed by atoms with van der Waals surface area (Å²) in [6.07, 6.45) is 5.54. The average Bonchev–Trinajstić information content (AvgIpc) is 3.47. The van der Waals surface area contributed by atoms with Crippen LogP contribution in [0.5, 0.6) is 0 Å². The summed E-state index contributed by atoms with van der Waals surface area (Å²) in [5.74, 6) is 0.131. The van der Waals surface area contributed by atoms with Crippen molar-refractivity contribution in [3.63, 3.8) is 0 Å². The van der Waals surface area contributed by atoms with Crippen LogP contribution in [0.2, 0.25) is 0 Å². The zero-order valence-corrected chi connectivity index (χ0v) is 30.6. The molecule has 1 fully saturated rings. The molecule has 0 aromatic heterocycles. The molecule has 278 valence electrons.